The molecule has 0 aromatic heterocycles. The number of rotatable bonds is 5. The summed E-state index contributed by atoms with van der Waals surface area (Å²) in [6.45, 7) is 3.24. The molecule has 2 fully saturated rings. The normalized spacial score (nSPS) is 19.8. The summed E-state index contributed by atoms with van der Waals surface area (Å²) in [5.41, 5.74) is 3.83. The van der Waals surface area contributed by atoms with Crippen molar-refractivity contribution in [3.05, 3.63) is 65.2 Å². The molecule has 0 spiro atoms. The lowest BCUT2D eigenvalue weighted by Crippen LogP contribution is -2.49. The number of carbonyl (C=O) groups excluding carboxylic acids is 2. The quantitative estimate of drug-likeness (QED) is 0.608. The van der Waals surface area contributed by atoms with E-state index in [-0.39, 0.29) is 12.0 Å². The molecule has 34 heavy (non-hydrogen) atoms. The Bertz CT molecular complexity index is 1010. The van der Waals surface area contributed by atoms with Crippen molar-refractivity contribution in [1.29, 1.82) is 0 Å². The lowest BCUT2D eigenvalue weighted by Gasteiger charge is -2.36. The number of benzene rings is 2. The van der Waals surface area contributed by atoms with E-state index in [0.29, 0.717) is 32.2 Å². The van der Waals surface area contributed by atoms with Crippen LogP contribution in [0.3, 0.4) is 0 Å². The Hall–Kier alpha value is -3.06. The van der Waals surface area contributed by atoms with Crippen LogP contribution in [0.5, 0.6) is 0 Å². The minimum atomic E-state index is -0.721. The van der Waals surface area contributed by atoms with Gasteiger partial charge in [-0.25, -0.2) is 4.79 Å². The van der Waals surface area contributed by atoms with Crippen molar-refractivity contribution in [3.63, 3.8) is 0 Å². The van der Waals surface area contributed by atoms with Crippen molar-refractivity contribution in [2.24, 2.45) is 0 Å². The minimum absolute atomic E-state index is 0.178. The fourth-order valence-electron chi connectivity index (χ4n) is 5.37. The number of hydrogen-bond donors (Lipinski definition) is 0. The molecule has 2 aliphatic heterocycles. The number of carbonyl (C=O) groups is 2. The minimum Gasteiger partial charge on any atom is -0.415 e. The van der Waals surface area contributed by atoms with E-state index in [4.69, 9.17) is 9.47 Å². The van der Waals surface area contributed by atoms with E-state index in [9.17, 15) is 9.59 Å². The Morgan fingerprint density at radius 1 is 0.971 bits per heavy atom. The van der Waals surface area contributed by atoms with Crippen LogP contribution in [0.1, 0.15) is 59.9 Å². The number of ether oxygens (including phenoxy) is 2. The maximum Gasteiger partial charge on any atom is 0.412 e. The molecule has 1 saturated heterocycles. The van der Waals surface area contributed by atoms with Crippen molar-refractivity contribution >= 4 is 17.7 Å². The largest absolute Gasteiger partial charge is 0.415 e. The standard InChI is InChI=1S/C27H33N3O4/c1-33-26(20-8-4-2-5-9-20)34-27(32)29-16-14-28(15-17-29)23-13-12-21-19-30(25(31)24(21)18-23)22-10-6-3-7-11-22/h2,4-5,8-9,12-13,18,22,26H,3,6-7,10-11,14-17,19H2,1H3. The third-order valence-corrected chi connectivity index (χ3v) is 7.34. The molecule has 0 radical (unpaired) electrons. The van der Waals surface area contributed by atoms with Crippen molar-refractivity contribution in [1.82, 2.24) is 9.80 Å². The molecule has 7 heteroatoms. The Labute approximate surface area is 201 Å². The van der Waals surface area contributed by atoms with Gasteiger partial charge in [0, 0.05) is 62.7 Å². The second-order valence-electron chi connectivity index (χ2n) is 9.40. The monoisotopic (exact) mass is 463 g/mol. The van der Waals surface area contributed by atoms with E-state index in [1.807, 2.05) is 36.4 Å². The van der Waals surface area contributed by atoms with Crippen LogP contribution in [0, 0.1) is 0 Å². The third kappa shape index (κ3) is 4.62. The van der Waals surface area contributed by atoms with Gasteiger partial charge in [0.05, 0.1) is 0 Å². The van der Waals surface area contributed by atoms with E-state index >= 15 is 0 Å². The second-order valence-corrected chi connectivity index (χ2v) is 9.40. The zero-order valence-corrected chi connectivity index (χ0v) is 19.8. The molecule has 5 rings (SSSR count). The van der Waals surface area contributed by atoms with Gasteiger partial charge in [-0.3, -0.25) is 4.79 Å². The molecule has 180 valence electrons. The molecule has 2 heterocycles. The molecular formula is C27H33N3O4. The maximum atomic E-state index is 13.1. The summed E-state index contributed by atoms with van der Waals surface area (Å²) < 4.78 is 11.0. The highest BCUT2D eigenvalue weighted by molar-refractivity contribution is 5.99. The van der Waals surface area contributed by atoms with Crippen molar-refractivity contribution in [3.8, 4) is 0 Å². The molecule has 7 nitrogen and oxygen atoms in total. The first-order valence-electron chi connectivity index (χ1n) is 12.4. The van der Waals surface area contributed by atoms with E-state index in [1.54, 1.807) is 4.90 Å². The van der Waals surface area contributed by atoms with Crippen LogP contribution in [0.4, 0.5) is 10.5 Å². The number of amides is 2. The number of anilines is 1. The van der Waals surface area contributed by atoms with Crippen LogP contribution in [-0.4, -0.2) is 61.1 Å². The number of piperazine rings is 1. The van der Waals surface area contributed by atoms with E-state index in [1.165, 1.54) is 26.4 Å². The van der Waals surface area contributed by atoms with E-state index in [0.717, 1.165) is 41.8 Å². The zero-order chi connectivity index (χ0) is 23.5. The average molecular weight is 464 g/mol. The van der Waals surface area contributed by atoms with Crippen LogP contribution in [0.15, 0.2) is 48.5 Å². The van der Waals surface area contributed by atoms with Gasteiger partial charge in [0.1, 0.15) is 0 Å². The van der Waals surface area contributed by atoms with Gasteiger partial charge >= 0.3 is 6.09 Å². The second kappa shape index (κ2) is 10.1. The first-order chi connectivity index (χ1) is 16.6. The topological polar surface area (TPSA) is 62.3 Å². The fraction of sp³-hybridized carbons (Fsp3) is 0.481. The third-order valence-electron chi connectivity index (χ3n) is 7.34. The van der Waals surface area contributed by atoms with Gasteiger partial charge in [-0.1, -0.05) is 55.7 Å². The molecule has 1 saturated carbocycles. The van der Waals surface area contributed by atoms with E-state index in [2.05, 4.69) is 21.9 Å². The highest BCUT2D eigenvalue weighted by atomic mass is 16.7. The predicted octanol–water partition coefficient (Wildman–Crippen LogP) is 4.58. The summed E-state index contributed by atoms with van der Waals surface area (Å²) in [4.78, 5) is 31.9. The van der Waals surface area contributed by atoms with Gasteiger partial charge in [-0.2, -0.15) is 0 Å². The Kier molecular flexibility index (Phi) is 6.72. The lowest BCUT2D eigenvalue weighted by molar-refractivity contribution is -0.0942. The zero-order valence-electron chi connectivity index (χ0n) is 19.8. The fourth-order valence-corrected chi connectivity index (χ4v) is 5.37. The maximum absolute atomic E-state index is 13.1. The smallest absolute Gasteiger partial charge is 0.412 e. The van der Waals surface area contributed by atoms with E-state index < -0.39 is 6.29 Å². The molecule has 1 unspecified atom stereocenters. The first kappa shape index (κ1) is 22.7. The molecule has 3 aliphatic rings. The summed E-state index contributed by atoms with van der Waals surface area (Å²) in [7, 11) is 1.54. The van der Waals surface area contributed by atoms with Gasteiger partial charge < -0.3 is 24.2 Å². The number of nitrogens with zero attached hydrogens (tertiary/aromatic N) is 3. The van der Waals surface area contributed by atoms with Crippen LogP contribution in [0.2, 0.25) is 0 Å². The highest BCUT2D eigenvalue weighted by Gasteiger charge is 2.34. The predicted molar refractivity (Wildman–Crippen MR) is 130 cm³/mol. The summed E-state index contributed by atoms with van der Waals surface area (Å²) >= 11 is 0. The molecular weight excluding hydrogens is 430 g/mol. The molecule has 1 aliphatic carbocycles. The van der Waals surface area contributed by atoms with Crippen LogP contribution in [-0.2, 0) is 16.0 Å². The molecule has 1 atom stereocenters. The Balaban J connectivity index is 1.18. The molecule has 0 bridgehead atoms. The summed E-state index contributed by atoms with van der Waals surface area (Å²) in [6.07, 6.45) is 4.88. The van der Waals surface area contributed by atoms with Crippen molar-refractivity contribution < 1.29 is 19.1 Å². The molecule has 2 aromatic rings. The van der Waals surface area contributed by atoms with Crippen LogP contribution < -0.4 is 4.90 Å². The molecule has 2 aromatic carbocycles. The summed E-state index contributed by atoms with van der Waals surface area (Å²) in [6, 6.07) is 16.1. The van der Waals surface area contributed by atoms with Gasteiger partial charge in [0.25, 0.3) is 5.91 Å². The van der Waals surface area contributed by atoms with Crippen molar-refractivity contribution in [2.45, 2.75) is 51.0 Å². The number of hydrogen-bond acceptors (Lipinski definition) is 5. The number of methoxy groups -OCH3 is 1. The Morgan fingerprint density at radius 2 is 1.71 bits per heavy atom. The van der Waals surface area contributed by atoms with Gasteiger partial charge in [-0.05, 0) is 30.5 Å². The van der Waals surface area contributed by atoms with Gasteiger partial charge in [0.2, 0.25) is 6.29 Å². The van der Waals surface area contributed by atoms with Crippen molar-refractivity contribution in [2.75, 3.05) is 38.2 Å². The molecule has 2 amide bonds. The summed E-state index contributed by atoms with van der Waals surface area (Å²) in [5, 5.41) is 0. The molecule has 0 N–H and O–H groups in total. The first-order valence-corrected chi connectivity index (χ1v) is 12.4. The lowest BCUT2D eigenvalue weighted by atomic mass is 9.94. The number of fused-ring (bicyclic) bond motifs is 1. The van der Waals surface area contributed by atoms with Crippen LogP contribution >= 0.6 is 0 Å². The van der Waals surface area contributed by atoms with Gasteiger partial charge in [0.15, 0.2) is 0 Å². The SMILES string of the molecule is COC(OC(=O)N1CCN(c2ccc3c(c2)C(=O)N(C2CCCCC2)C3)CC1)c1ccccc1. The van der Waals surface area contributed by atoms with Gasteiger partial charge in [-0.15, -0.1) is 0 Å². The summed E-state index contributed by atoms with van der Waals surface area (Å²) in [5.74, 6) is 0.178. The van der Waals surface area contributed by atoms with Crippen LogP contribution in [0.25, 0.3) is 0 Å². The highest BCUT2D eigenvalue weighted by Crippen LogP contribution is 2.33. The Morgan fingerprint density at radius 3 is 2.41 bits per heavy atom. The average Bonchev–Trinajstić information content (AvgIpc) is 3.24.